The number of carbonyl (C=O) groups is 1. The number of carbonyl (C=O) groups excluding carboxylic acids is 1. The van der Waals surface area contributed by atoms with Gasteiger partial charge in [-0.2, -0.15) is 0 Å². The first-order valence-corrected chi connectivity index (χ1v) is 8.55. The Balaban J connectivity index is 1.80. The minimum Gasteiger partial charge on any atom is -0.339 e. The minimum absolute atomic E-state index is 0.0451. The smallest absolute Gasteiger partial charge is 0.236 e. The summed E-state index contributed by atoms with van der Waals surface area (Å²) >= 11 is 5.31. The molecule has 1 unspecified atom stereocenters. The number of piperazine rings is 1. The van der Waals surface area contributed by atoms with Crippen LogP contribution in [0.4, 0.5) is 0 Å². The molecule has 1 amide bonds. The molecule has 0 bridgehead atoms. The zero-order valence-corrected chi connectivity index (χ0v) is 13.9. The van der Waals surface area contributed by atoms with E-state index in [1.54, 1.807) is 11.3 Å². The van der Waals surface area contributed by atoms with Crippen molar-refractivity contribution < 1.29 is 4.79 Å². The number of amides is 1. The van der Waals surface area contributed by atoms with E-state index < -0.39 is 0 Å². The van der Waals surface area contributed by atoms with Gasteiger partial charge in [-0.1, -0.05) is 35.8 Å². The van der Waals surface area contributed by atoms with E-state index in [1.807, 2.05) is 4.90 Å². The molecule has 1 saturated heterocycles. The average molecular weight is 345 g/mol. The van der Waals surface area contributed by atoms with Crippen LogP contribution in [0.3, 0.4) is 0 Å². The van der Waals surface area contributed by atoms with Crippen LogP contribution in [0.1, 0.15) is 18.7 Å². The first-order chi connectivity index (χ1) is 9.08. The van der Waals surface area contributed by atoms with Crippen molar-refractivity contribution in [3.8, 4) is 0 Å². The summed E-state index contributed by atoms with van der Waals surface area (Å²) in [5.74, 6) is 0.586. The topological polar surface area (TPSA) is 23.6 Å². The number of hydrogen-bond acceptors (Lipinski definition) is 3. The van der Waals surface area contributed by atoms with Crippen LogP contribution in [0.2, 0.25) is 0 Å². The highest BCUT2D eigenvalue weighted by Gasteiger charge is 2.27. The van der Waals surface area contributed by atoms with Crippen molar-refractivity contribution in [3.05, 3.63) is 22.4 Å². The van der Waals surface area contributed by atoms with Crippen molar-refractivity contribution >= 4 is 33.2 Å². The molecule has 2 heterocycles. The SMILES string of the molecule is CC(C)C(Br)C(=O)N1CCN(Cc2cccs2)CC1. The van der Waals surface area contributed by atoms with E-state index in [4.69, 9.17) is 0 Å². The molecule has 2 rings (SSSR count). The highest BCUT2D eigenvalue weighted by Crippen LogP contribution is 2.18. The van der Waals surface area contributed by atoms with E-state index >= 15 is 0 Å². The molecule has 1 aliphatic heterocycles. The molecule has 0 saturated carbocycles. The van der Waals surface area contributed by atoms with E-state index in [0.29, 0.717) is 5.92 Å². The predicted molar refractivity (Wildman–Crippen MR) is 83.7 cm³/mol. The number of nitrogens with zero attached hydrogens (tertiary/aromatic N) is 2. The Morgan fingerprint density at radius 3 is 2.58 bits per heavy atom. The Kier molecular flexibility index (Phi) is 5.42. The lowest BCUT2D eigenvalue weighted by atomic mass is 10.1. The molecule has 3 nitrogen and oxygen atoms in total. The van der Waals surface area contributed by atoms with Crippen molar-refractivity contribution in [1.82, 2.24) is 9.80 Å². The summed E-state index contributed by atoms with van der Waals surface area (Å²) in [4.78, 5) is 18.0. The quantitative estimate of drug-likeness (QED) is 0.784. The van der Waals surface area contributed by atoms with E-state index in [1.165, 1.54) is 4.88 Å². The van der Waals surface area contributed by atoms with E-state index in [-0.39, 0.29) is 10.7 Å². The van der Waals surface area contributed by atoms with Crippen LogP contribution in [0, 0.1) is 5.92 Å². The lowest BCUT2D eigenvalue weighted by molar-refractivity contribution is -0.132. The molecule has 19 heavy (non-hydrogen) atoms. The number of alkyl halides is 1. The standard InChI is InChI=1S/C14H21BrN2OS/c1-11(2)13(15)14(18)17-7-5-16(6-8-17)10-12-4-3-9-19-12/h3-4,9,11,13H,5-8,10H2,1-2H3. The van der Waals surface area contributed by atoms with E-state index in [9.17, 15) is 4.79 Å². The maximum absolute atomic E-state index is 12.2. The summed E-state index contributed by atoms with van der Waals surface area (Å²) in [6, 6.07) is 4.27. The molecule has 1 aromatic rings. The average Bonchev–Trinajstić information content (AvgIpc) is 2.90. The second-order valence-corrected chi connectivity index (χ2v) is 7.35. The number of halogens is 1. The van der Waals surface area contributed by atoms with Crippen LogP contribution < -0.4 is 0 Å². The van der Waals surface area contributed by atoms with Crippen molar-refractivity contribution in [2.45, 2.75) is 25.2 Å². The Morgan fingerprint density at radius 2 is 2.05 bits per heavy atom. The van der Waals surface area contributed by atoms with Gasteiger partial charge in [-0.25, -0.2) is 0 Å². The normalized spacial score (nSPS) is 18.8. The molecular weight excluding hydrogens is 324 g/mol. The summed E-state index contributed by atoms with van der Waals surface area (Å²) in [7, 11) is 0. The number of rotatable bonds is 4. The fraction of sp³-hybridized carbons (Fsp3) is 0.643. The van der Waals surface area contributed by atoms with Crippen LogP contribution >= 0.6 is 27.3 Å². The number of hydrogen-bond donors (Lipinski definition) is 0. The van der Waals surface area contributed by atoms with Gasteiger partial charge in [-0.05, 0) is 17.4 Å². The highest BCUT2D eigenvalue weighted by molar-refractivity contribution is 9.10. The Labute approximate surface area is 127 Å². The van der Waals surface area contributed by atoms with Gasteiger partial charge < -0.3 is 4.90 Å². The molecule has 5 heteroatoms. The maximum atomic E-state index is 12.2. The van der Waals surface area contributed by atoms with Gasteiger partial charge in [-0.15, -0.1) is 11.3 Å². The molecule has 0 radical (unpaired) electrons. The molecule has 0 aliphatic carbocycles. The van der Waals surface area contributed by atoms with Crippen LogP contribution in [0.15, 0.2) is 17.5 Å². The largest absolute Gasteiger partial charge is 0.339 e. The maximum Gasteiger partial charge on any atom is 0.236 e. The van der Waals surface area contributed by atoms with Crippen LogP contribution in [0.5, 0.6) is 0 Å². The number of thiophene rings is 1. The van der Waals surface area contributed by atoms with E-state index in [0.717, 1.165) is 32.7 Å². The molecule has 1 aromatic heterocycles. The highest BCUT2D eigenvalue weighted by atomic mass is 79.9. The minimum atomic E-state index is -0.0451. The Bertz CT molecular complexity index is 400. The third-order valence-electron chi connectivity index (χ3n) is 3.46. The van der Waals surface area contributed by atoms with Crippen molar-refractivity contribution in [2.24, 2.45) is 5.92 Å². The van der Waals surface area contributed by atoms with Gasteiger partial charge in [0.05, 0.1) is 4.83 Å². The summed E-state index contributed by atoms with van der Waals surface area (Å²) in [6.45, 7) is 8.80. The summed E-state index contributed by atoms with van der Waals surface area (Å²) in [5.41, 5.74) is 0. The molecule has 1 atom stereocenters. The third-order valence-corrected chi connectivity index (χ3v) is 5.77. The van der Waals surface area contributed by atoms with Crippen molar-refractivity contribution in [3.63, 3.8) is 0 Å². The van der Waals surface area contributed by atoms with Gasteiger partial charge >= 0.3 is 0 Å². The molecule has 1 fully saturated rings. The Morgan fingerprint density at radius 1 is 1.37 bits per heavy atom. The van der Waals surface area contributed by atoms with E-state index in [2.05, 4.69) is 52.2 Å². The van der Waals surface area contributed by atoms with Crippen molar-refractivity contribution in [1.29, 1.82) is 0 Å². The lowest BCUT2D eigenvalue weighted by Gasteiger charge is -2.36. The van der Waals surface area contributed by atoms with Crippen LogP contribution in [-0.4, -0.2) is 46.7 Å². The summed E-state index contributed by atoms with van der Waals surface area (Å²) < 4.78 is 0. The summed E-state index contributed by atoms with van der Waals surface area (Å²) in [6.07, 6.45) is 0. The monoisotopic (exact) mass is 344 g/mol. The van der Waals surface area contributed by atoms with Gasteiger partial charge in [0.15, 0.2) is 0 Å². The zero-order chi connectivity index (χ0) is 13.8. The fourth-order valence-corrected chi connectivity index (χ4v) is 3.24. The molecule has 106 valence electrons. The van der Waals surface area contributed by atoms with Gasteiger partial charge in [0, 0.05) is 37.6 Å². The lowest BCUT2D eigenvalue weighted by Crippen LogP contribution is -2.50. The van der Waals surface area contributed by atoms with Crippen LogP contribution in [-0.2, 0) is 11.3 Å². The fourth-order valence-electron chi connectivity index (χ4n) is 2.21. The van der Waals surface area contributed by atoms with Crippen molar-refractivity contribution in [2.75, 3.05) is 26.2 Å². The first kappa shape index (κ1) is 15.0. The second kappa shape index (κ2) is 6.86. The second-order valence-electron chi connectivity index (χ2n) is 5.33. The summed E-state index contributed by atoms with van der Waals surface area (Å²) in [5, 5.41) is 2.12. The van der Waals surface area contributed by atoms with Crippen LogP contribution in [0.25, 0.3) is 0 Å². The first-order valence-electron chi connectivity index (χ1n) is 6.75. The molecule has 0 spiro atoms. The molecule has 0 N–H and O–H groups in total. The Hall–Kier alpha value is -0.390. The van der Waals surface area contributed by atoms with Gasteiger partial charge in [0.1, 0.15) is 0 Å². The zero-order valence-electron chi connectivity index (χ0n) is 11.5. The molecular formula is C14H21BrN2OS. The molecule has 1 aliphatic rings. The van der Waals surface area contributed by atoms with Gasteiger partial charge in [0.25, 0.3) is 0 Å². The predicted octanol–water partition coefficient (Wildman–Crippen LogP) is 2.81. The van der Waals surface area contributed by atoms with Gasteiger partial charge in [-0.3, -0.25) is 9.69 Å². The van der Waals surface area contributed by atoms with Gasteiger partial charge in [0.2, 0.25) is 5.91 Å². The third kappa shape index (κ3) is 4.04. The molecule has 0 aromatic carbocycles.